The van der Waals surface area contributed by atoms with E-state index in [2.05, 4.69) is 19.2 Å². The highest BCUT2D eigenvalue weighted by atomic mass is 16.5. The molecule has 1 aromatic rings. The molecule has 4 heteroatoms. The smallest absolute Gasteiger partial charge is 0.331 e. The molecule has 1 aromatic carbocycles. The second-order valence-corrected chi connectivity index (χ2v) is 5.38. The fourth-order valence-electron chi connectivity index (χ4n) is 1.58. The molecule has 114 valence electrons. The number of ether oxygens (including phenoxy) is 1. The number of hydrogen-bond donors (Lipinski definition) is 1. The van der Waals surface area contributed by atoms with Gasteiger partial charge in [-0.05, 0) is 30.9 Å². The van der Waals surface area contributed by atoms with E-state index in [1.165, 1.54) is 6.08 Å². The summed E-state index contributed by atoms with van der Waals surface area (Å²) >= 11 is 0. The molecular weight excluding hydrogens is 266 g/mol. The third-order valence-corrected chi connectivity index (χ3v) is 2.88. The van der Waals surface area contributed by atoms with Crippen LogP contribution in [-0.4, -0.2) is 25.0 Å². The number of carbonyl (C=O) groups is 2. The van der Waals surface area contributed by atoms with E-state index in [-0.39, 0.29) is 12.5 Å². The summed E-state index contributed by atoms with van der Waals surface area (Å²) in [5.74, 6) is -0.257. The van der Waals surface area contributed by atoms with Gasteiger partial charge >= 0.3 is 5.97 Å². The molecule has 0 spiro atoms. The molecule has 0 aromatic heterocycles. The Morgan fingerprint density at radius 1 is 1.24 bits per heavy atom. The Morgan fingerprint density at radius 2 is 1.90 bits per heavy atom. The lowest BCUT2D eigenvalue weighted by Crippen LogP contribution is -2.29. The summed E-state index contributed by atoms with van der Waals surface area (Å²) in [4.78, 5) is 22.9. The van der Waals surface area contributed by atoms with Crippen molar-refractivity contribution in [2.24, 2.45) is 5.92 Å². The van der Waals surface area contributed by atoms with Gasteiger partial charge in [-0.2, -0.15) is 0 Å². The van der Waals surface area contributed by atoms with Crippen LogP contribution in [0.15, 0.2) is 30.3 Å². The zero-order chi connectivity index (χ0) is 15.7. The number of amides is 1. The van der Waals surface area contributed by atoms with E-state index in [1.807, 2.05) is 31.2 Å². The maximum Gasteiger partial charge on any atom is 0.331 e. The zero-order valence-electron chi connectivity index (χ0n) is 12.9. The summed E-state index contributed by atoms with van der Waals surface area (Å²) in [6.07, 6.45) is 3.90. The van der Waals surface area contributed by atoms with Crippen LogP contribution in [0.3, 0.4) is 0 Å². The van der Waals surface area contributed by atoms with Crippen molar-refractivity contribution in [3.8, 4) is 0 Å². The van der Waals surface area contributed by atoms with Gasteiger partial charge in [-0.15, -0.1) is 0 Å². The molecule has 0 saturated carbocycles. The largest absolute Gasteiger partial charge is 0.452 e. The van der Waals surface area contributed by atoms with Gasteiger partial charge in [-0.1, -0.05) is 43.7 Å². The van der Waals surface area contributed by atoms with Gasteiger partial charge in [-0.3, -0.25) is 4.79 Å². The van der Waals surface area contributed by atoms with Crippen molar-refractivity contribution in [3.05, 3.63) is 41.5 Å². The maximum absolute atomic E-state index is 11.5. The predicted octanol–water partition coefficient (Wildman–Crippen LogP) is 2.71. The van der Waals surface area contributed by atoms with Crippen LogP contribution >= 0.6 is 0 Å². The molecule has 0 radical (unpaired) electrons. The topological polar surface area (TPSA) is 55.4 Å². The lowest BCUT2D eigenvalue weighted by molar-refractivity contribution is -0.143. The number of esters is 1. The monoisotopic (exact) mass is 289 g/mol. The van der Waals surface area contributed by atoms with E-state index in [9.17, 15) is 9.59 Å². The second-order valence-electron chi connectivity index (χ2n) is 5.38. The summed E-state index contributed by atoms with van der Waals surface area (Å²) in [5.41, 5.74) is 2.08. The quantitative estimate of drug-likeness (QED) is 0.620. The van der Waals surface area contributed by atoms with Crippen LogP contribution in [0.25, 0.3) is 6.08 Å². The Hall–Kier alpha value is -2.10. The Morgan fingerprint density at radius 3 is 2.52 bits per heavy atom. The zero-order valence-corrected chi connectivity index (χ0v) is 12.9. The van der Waals surface area contributed by atoms with Crippen molar-refractivity contribution >= 4 is 18.0 Å². The Labute approximate surface area is 126 Å². The average Bonchev–Trinajstić information content (AvgIpc) is 2.44. The van der Waals surface area contributed by atoms with Crippen molar-refractivity contribution < 1.29 is 14.3 Å². The molecule has 1 amide bonds. The molecule has 0 aliphatic heterocycles. The van der Waals surface area contributed by atoms with Crippen LogP contribution in [0.4, 0.5) is 0 Å². The fraction of sp³-hybridized carbons (Fsp3) is 0.412. The maximum atomic E-state index is 11.5. The van der Waals surface area contributed by atoms with Crippen molar-refractivity contribution in [3.63, 3.8) is 0 Å². The van der Waals surface area contributed by atoms with E-state index in [4.69, 9.17) is 4.74 Å². The van der Waals surface area contributed by atoms with Gasteiger partial charge in [0.1, 0.15) is 0 Å². The molecule has 0 atom stereocenters. The number of benzene rings is 1. The first-order chi connectivity index (χ1) is 9.97. The Bertz CT molecular complexity index is 489. The highest BCUT2D eigenvalue weighted by molar-refractivity contribution is 5.89. The number of rotatable bonds is 7. The van der Waals surface area contributed by atoms with Gasteiger partial charge < -0.3 is 10.1 Å². The van der Waals surface area contributed by atoms with Gasteiger partial charge in [0, 0.05) is 12.6 Å². The second kappa shape index (κ2) is 8.95. The molecule has 4 nitrogen and oxygen atoms in total. The lowest BCUT2D eigenvalue weighted by Gasteiger charge is -2.06. The van der Waals surface area contributed by atoms with E-state index < -0.39 is 5.97 Å². The van der Waals surface area contributed by atoms with E-state index in [1.54, 1.807) is 6.08 Å². The van der Waals surface area contributed by atoms with E-state index >= 15 is 0 Å². The minimum absolute atomic E-state index is 0.241. The van der Waals surface area contributed by atoms with Crippen LogP contribution < -0.4 is 5.32 Å². The molecule has 0 aliphatic carbocycles. The van der Waals surface area contributed by atoms with E-state index in [0.29, 0.717) is 12.5 Å². The highest BCUT2D eigenvalue weighted by Crippen LogP contribution is 2.05. The Kier molecular flexibility index (Phi) is 7.23. The van der Waals surface area contributed by atoms with Crippen LogP contribution in [0.1, 0.15) is 31.4 Å². The molecule has 0 fully saturated rings. The number of hydrogen-bond acceptors (Lipinski definition) is 3. The lowest BCUT2D eigenvalue weighted by atomic mass is 10.1. The first-order valence-corrected chi connectivity index (χ1v) is 7.15. The minimum atomic E-state index is -0.519. The van der Waals surface area contributed by atoms with Crippen LogP contribution in [0.5, 0.6) is 0 Å². The van der Waals surface area contributed by atoms with Crippen molar-refractivity contribution in [1.82, 2.24) is 5.32 Å². The van der Waals surface area contributed by atoms with Crippen molar-refractivity contribution in [2.45, 2.75) is 27.2 Å². The molecule has 0 heterocycles. The van der Waals surface area contributed by atoms with Crippen LogP contribution in [0, 0.1) is 12.8 Å². The molecule has 1 N–H and O–H groups in total. The molecule has 0 aliphatic rings. The number of carbonyl (C=O) groups excluding carboxylic acids is 2. The SMILES string of the molecule is Cc1ccc(/C=C/C(=O)OCC(=O)NCCC(C)C)cc1. The summed E-state index contributed by atoms with van der Waals surface area (Å²) in [5, 5.41) is 2.71. The summed E-state index contributed by atoms with van der Waals surface area (Å²) in [7, 11) is 0. The van der Waals surface area contributed by atoms with Crippen LogP contribution in [0.2, 0.25) is 0 Å². The van der Waals surface area contributed by atoms with Crippen molar-refractivity contribution in [2.75, 3.05) is 13.2 Å². The van der Waals surface area contributed by atoms with E-state index in [0.717, 1.165) is 17.5 Å². The molecule has 0 unspecified atom stereocenters. The third kappa shape index (κ3) is 7.92. The average molecular weight is 289 g/mol. The fourth-order valence-corrected chi connectivity index (χ4v) is 1.58. The van der Waals surface area contributed by atoms with Gasteiger partial charge in [0.05, 0.1) is 0 Å². The first-order valence-electron chi connectivity index (χ1n) is 7.15. The van der Waals surface area contributed by atoms with Crippen molar-refractivity contribution in [1.29, 1.82) is 0 Å². The minimum Gasteiger partial charge on any atom is -0.452 e. The van der Waals surface area contributed by atoms with Gasteiger partial charge in [-0.25, -0.2) is 4.79 Å². The molecule has 0 saturated heterocycles. The molecular formula is C17H23NO3. The predicted molar refractivity (Wildman–Crippen MR) is 83.6 cm³/mol. The highest BCUT2D eigenvalue weighted by Gasteiger charge is 2.04. The van der Waals surface area contributed by atoms with Gasteiger partial charge in [0.2, 0.25) is 0 Å². The Balaban J connectivity index is 2.27. The van der Waals surface area contributed by atoms with Crippen LogP contribution in [-0.2, 0) is 14.3 Å². The number of nitrogens with one attached hydrogen (secondary N) is 1. The number of aryl methyl sites for hydroxylation is 1. The summed E-state index contributed by atoms with van der Waals surface area (Å²) < 4.78 is 4.87. The first kappa shape index (κ1) is 17.0. The van der Waals surface area contributed by atoms with Gasteiger partial charge in [0.15, 0.2) is 6.61 Å². The molecule has 0 bridgehead atoms. The van der Waals surface area contributed by atoms with Gasteiger partial charge in [0.25, 0.3) is 5.91 Å². The normalized spacial score (nSPS) is 10.9. The molecule has 1 rings (SSSR count). The third-order valence-electron chi connectivity index (χ3n) is 2.88. The molecule has 21 heavy (non-hydrogen) atoms. The summed E-state index contributed by atoms with van der Waals surface area (Å²) in [6.45, 7) is 6.53. The summed E-state index contributed by atoms with van der Waals surface area (Å²) in [6, 6.07) is 7.76. The standard InChI is InChI=1S/C17H23NO3/c1-13(2)10-11-18-16(19)12-21-17(20)9-8-15-6-4-14(3)5-7-15/h4-9,13H,10-12H2,1-3H3,(H,18,19)/b9-8+.